The molecule has 1 saturated carbocycles. The molecule has 0 amide bonds. The average molecular weight is 409 g/mol. The van der Waals surface area contributed by atoms with Crippen molar-refractivity contribution in [2.75, 3.05) is 12.8 Å². The van der Waals surface area contributed by atoms with Crippen LogP contribution in [-0.4, -0.2) is 37.6 Å². The summed E-state index contributed by atoms with van der Waals surface area (Å²) in [6.07, 6.45) is 7.54. The molecule has 3 N–H and O–H groups in total. The minimum Gasteiger partial charge on any atom is -0.497 e. The van der Waals surface area contributed by atoms with E-state index in [0.717, 1.165) is 24.4 Å². The number of nitrogens with two attached hydrogens (primary N) is 1. The molecule has 3 aromatic rings. The molecule has 8 nitrogen and oxygen atoms in total. The van der Waals surface area contributed by atoms with Crippen LogP contribution in [0.2, 0.25) is 0 Å². The van der Waals surface area contributed by atoms with Crippen molar-refractivity contribution in [1.82, 2.24) is 24.5 Å². The molecule has 1 aliphatic heterocycles. The number of benzene rings is 1. The van der Waals surface area contributed by atoms with Gasteiger partial charge < -0.3 is 10.5 Å². The van der Waals surface area contributed by atoms with E-state index < -0.39 is 0 Å². The highest BCUT2D eigenvalue weighted by atomic mass is 16.5. The summed E-state index contributed by atoms with van der Waals surface area (Å²) in [6.45, 7) is 1.45. The number of aromatic amines is 1. The third kappa shape index (κ3) is 3.56. The number of anilines is 1. The second-order valence-corrected chi connectivity index (χ2v) is 8.54. The number of nitrogen functional groups attached to an aromatic ring is 1. The third-order valence-electron chi connectivity index (χ3n) is 6.64. The molecule has 1 unspecified atom stereocenters. The lowest BCUT2D eigenvalue weighted by Gasteiger charge is -2.42. The fourth-order valence-electron chi connectivity index (χ4n) is 5.16. The highest BCUT2D eigenvalue weighted by molar-refractivity contribution is 5.38. The lowest BCUT2D eigenvalue weighted by molar-refractivity contribution is 0.0898. The van der Waals surface area contributed by atoms with E-state index in [-0.39, 0.29) is 11.5 Å². The molecule has 3 heterocycles. The Balaban J connectivity index is 1.48. The van der Waals surface area contributed by atoms with Crippen LogP contribution >= 0.6 is 0 Å². The van der Waals surface area contributed by atoms with Crippen molar-refractivity contribution in [3.05, 3.63) is 51.4 Å². The maximum absolute atomic E-state index is 12.5. The van der Waals surface area contributed by atoms with E-state index >= 15 is 0 Å². The van der Waals surface area contributed by atoms with Crippen molar-refractivity contribution in [1.29, 1.82) is 0 Å². The lowest BCUT2D eigenvalue weighted by Crippen LogP contribution is -2.45. The highest BCUT2D eigenvalue weighted by Gasteiger charge is 2.33. The first-order chi connectivity index (χ1) is 14.6. The van der Waals surface area contributed by atoms with Crippen molar-refractivity contribution in [3.8, 4) is 5.75 Å². The van der Waals surface area contributed by atoms with Crippen LogP contribution < -0.4 is 16.0 Å². The first-order valence-corrected chi connectivity index (χ1v) is 10.7. The van der Waals surface area contributed by atoms with Crippen LogP contribution in [0.15, 0.2) is 29.1 Å². The van der Waals surface area contributed by atoms with E-state index in [0.29, 0.717) is 24.3 Å². The summed E-state index contributed by atoms with van der Waals surface area (Å²) in [4.78, 5) is 23.7. The summed E-state index contributed by atoms with van der Waals surface area (Å²) in [7, 11) is 1.70. The molecular weight excluding hydrogens is 380 g/mol. The van der Waals surface area contributed by atoms with Crippen LogP contribution in [0.5, 0.6) is 5.75 Å². The summed E-state index contributed by atoms with van der Waals surface area (Å²) in [6, 6.07) is 8.45. The third-order valence-corrected chi connectivity index (χ3v) is 6.64. The smallest absolute Gasteiger partial charge is 0.274 e. The van der Waals surface area contributed by atoms with Crippen LogP contribution in [-0.2, 0) is 19.5 Å². The summed E-state index contributed by atoms with van der Waals surface area (Å²) < 4.78 is 6.73. The molecule has 1 aliphatic carbocycles. The van der Waals surface area contributed by atoms with Gasteiger partial charge in [-0.2, -0.15) is 9.50 Å². The Morgan fingerprint density at radius 3 is 2.80 bits per heavy atom. The van der Waals surface area contributed by atoms with Gasteiger partial charge in [0, 0.05) is 25.2 Å². The number of fused-ring (bicyclic) bond motifs is 2. The molecule has 0 saturated heterocycles. The van der Waals surface area contributed by atoms with E-state index in [1.165, 1.54) is 47.7 Å². The van der Waals surface area contributed by atoms with Gasteiger partial charge in [-0.05, 0) is 48.4 Å². The van der Waals surface area contributed by atoms with Gasteiger partial charge in [-0.1, -0.05) is 25.3 Å². The maximum Gasteiger partial charge on any atom is 0.274 e. The van der Waals surface area contributed by atoms with E-state index in [1.807, 2.05) is 0 Å². The molecule has 1 atom stereocenters. The van der Waals surface area contributed by atoms with Crippen LogP contribution in [0.3, 0.4) is 0 Å². The normalized spacial score (nSPS) is 20.4. The zero-order valence-corrected chi connectivity index (χ0v) is 17.3. The molecule has 2 aromatic heterocycles. The molecule has 8 heteroatoms. The Labute approximate surface area is 175 Å². The predicted molar refractivity (Wildman–Crippen MR) is 114 cm³/mol. The molecule has 5 rings (SSSR count). The van der Waals surface area contributed by atoms with Crippen LogP contribution in [0.1, 0.15) is 48.9 Å². The van der Waals surface area contributed by atoms with E-state index in [9.17, 15) is 4.79 Å². The predicted octanol–water partition coefficient (Wildman–Crippen LogP) is 2.52. The standard InChI is InChI=1S/C22H28N6O2/c1-30-18-8-7-15-10-19(14-5-3-2-4-6-14)27(12-16(15)9-18)13-17-11-20(29)28-22(24-17)25-21(23)26-28/h7-9,11,14,19H,2-6,10,12-13H2,1H3,(H3,23,24,25,26). The van der Waals surface area contributed by atoms with Crippen molar-refractivity contribution in [3.63, 3.8) is 0 Å². The van der Waals surface area contributed by atoms with Gasteiger partial charge in [0.1, 0.15) is 5.75 Å². The van der Waals surface area contributed by atoms with Crippen LogP contribution in [0, 0.1) is 5.92 Å². The summed E-state index contributed by atoms with van der Waals surface area (Å²) in [5.41, 5.74) is 8.96. The van der Waals surface area contributed by atoms with Gasteiger partial charge in [-0.25, -0.2) is 4.98 Å². The molecular formula is C22H28N6O2. The van der Waals surface area contributed by atoms with Crippen LogP contribution in [0.4, 0.5) is 5.95 Å². The second kappa shape index (κ2) is 7.75. The second-order valence-electron chi connectivity index (χ2n) is 8.54. The quantitative estimate of drug-likeness (QED) is 0.688. The number of nitrogens with zero attached hydrogens (tertiary/aromatic N) is 4. The number of aromatic nitrogens is 4. The van der Waals surface area contributed by atoms with Gasteiger partial charge in [-0.15, -0.1) is 0 Å². The Morgan fingerprint density at radius 1 is 1.17 bits per heavy atom. The molecule has 158 valence electrons. The maximum atomic E-state index is 12.5. The molecule has 0 bridgehead atoms. The van der Waals surface area contributed by atoms with Gasteiger partial charge in [0.15, 0.2) is 0 Å². The molecule has 2 aliphatic rings. The number of rotatable bonds is 4. The fraction of sp³-hybridized carbons (Fsp3) is 0.500. The number of methoxy groups -OCH3 is 1. The Hall–Kier alpha value is -2.87. The van der Waals surface area contributed by atoms with Gasteiger partial charge in [0.2, 0.25) is 5.95 Å². The number of ether oxygens (including phenoxy) is 1. The van der Waals surface area contributed by atoms with Crippen molar-refractivity contribution >= 4 is 11.7 Å². The number of hydrogen-bond donors (Lipinski definition) is 2. The summed E-state index contributed by atoms with van der Waals surface area (Å²) in [5, 5.41) is 2.72. The van der Waals surface area contributed by atoms with Crippen molar-refractivity contribution < 1.29 is 4.74 Å². The van der Waals surface area contributed by atoms with Gasteiger partial charge in [0.05, 0.1) is 12.8 Å². The molecule has 0 radical (unpaired) electrons. The van der Waals surface area contributed by atoms with Gasteiger partial charge >= 0.3 is 0 Å². The first-order valence-electron chi connectivity index (χ1n) is 10.7. The van der Waals surface area contributed by atoms with Crippen molar-refractivity contribution in [2.45, 2.75) is 57.7 Å². The number of H-pyrrole nitrogens is 1. The molecule has 0 spiro atoms. The lowest BCUT2D eigenvalue weighted by atomic mass is 9.78. The molecule has 30 heavy (non-hydrogen) atoms. The minimum absolute atomic E-state index is 0.188. The summed E-state index contributed by atoms with van der Waals surface area (Å²) in [5.74, 6) is 2.08. The molecule has 1 aromatic carbocycles. The zero-order chi connectivity index (χ0) is 20.7. The Morgan fingerprint density at radius 2 is 2.00 bits per heavy atom. The fourth-order valence-corrected chi connectivity index (χ4v) is 5.16. The van der Waals surface area contributed by atoms with Gasteiger partial charge in [0.25, 0.3) is 11.3 Å². The van der Waals surface area contributed by atoms with E-state index in [1.54, 1.807) is 13.2 Å². The topological polar surface area (TPSA) is 102 Å². The Kier molecular flexibility index (Phi) is 4.94. The van der Waals surface area contributed by atoms with Gasteiger partial charge in [-0.3, -0.25) is 14.8 Å². The van der Waals surface area contributed by atoms with E-state index in [4.69, 9.17) is 10.5 Å². The van der Waals surface area contributed by atoms with E-state index in [2.05, 4.69) is 38.2 Å². The van der Waals surface area contributed by atoms with Crippen LogP contribution in [0.25, 0.3) is 5.78 Å². The minimum atomic E-state index is -0.188. The monoisotopic (exact) mass is 408 g/mol. The first kappa shape index (κ1) is 19.1. The SMILES string of the molecule is COc1ccc2c(c1)CN(Cc1cc(=O)n3[nH]c(N)nc3n1)C(C1CCCCC1)C2. The largest absolute Gasteiger partial charge is 0.497 e. The zero-order valence-electron chi connectivity index (χ0n) is 17.3. The summed E-state index contributed by atoms with van der Waals surface area (Å²) >= 11 is 0. The molecule has 1 fully saturated rings. The highest BCUT2D eigenvalue weighted by Crippen LogP contribution is 2.36. The van der Waals surface area contributed by atoms with Crippen molar-refractivity contribution in [2.24, 2.45) is 5.92 Å². The average Bonchev–Trinajstić information content (AvgIpc) is 3.14. The number of nitrogens with one attached hydrogen (secondary N) is 1. The number of hydrogen-bond acceptors (Lipinski definition) is 6. The Bertz CT molecular complexity index is 1110.